The molecule has 0 saturated heterocycles. The molecular formula is C15H18N2O. The lowest BCUT2D eigenvalue weighted by atomic mass is 10.1. The van der Waals surface area contributed by atoms with Gasteiger partial charge in [-0.1, -0.05) is 24.3 Å². The van der Waals surface area contributed by atoms with E-state index >= 15 is 0 Å². The number of rotatable bonds is 2. The zero-order valence-corrected chi connectivity index (χ0v) is 10.5. The number of nitrogens with zero attached hydrogens (tertiary/aromatic N) is 1. The van der Waals surface area contributed by atoms with Gasteiger partial charge < -0.3 is 15.0 Å². The Labute approximate surface area is 107 Å². The molecule has 2 aliphatic rings. The first-order valence-corrected chi connectivity index (χ1v) is 6.34. The lowest BCUT2D eigenvalue weighted by Crippen LogP contribution is -2.36. The number of ether oxygens (including phenoxy) is 1. The maximum Gasteiger partial charge on any atom is 0.0791 e. The van der Waals surface area contributed by atoms with E-state index in [1.165, 1.54) is 16.3 Å². The largest absolute Gasteiger partial charge is 0.377 e. The quantitative estimate of drug-likeness (QED) is 0.825. The summed E-state index contributed by atoms with van der Waals surface area (Å²) < 4.78 is 7.53. The third-order valence-corrected chi connectivity index (χ3v) is 3.56. The number of hydrogen-bond donors (Lipinski definition) is 1. The van der Waals surface area contributed by atoms with Gasteiger partial charge in [0, 0.05) is 30.4 Å². The lowest BCUT2D eigenvalue weighted by Gasteiger charge is -2.16. The number of nitrogens with two attached hydrogens (primary N) is 1. The summed E-state index contributed by atoms with van der Waals surface area (Å²) in [5.41, 5.74) is 7.14. The van der Waals surface area contributed by atoms with Gasteiger partial charge in [0.2, 0.25) is 0 Å². The van der Waals surface area contributed by atoms with Crippen LogP contribution in [0.15, 0.2) is 30.5 Å². The summed E-state index contributed by atoms with van der Waals surface area (Å²) in [6.45, 7) is 0. The van der Waals surface area contributed by atoms with Gasteiger partial charge >= 0.3 is 0 Å². The molecule has 2 N–H and O–H groups in total. The highest BCUT2D eigenvalue weighted by atomic mass is 16.5. The van der Waals surface area contributed by atoms with Gasteiger partial charge in [-0.3, -0.25) is 0 Å². The first kappa shape index (κ1) is 11.5. The molecule has 2 unspecified atom stereocenters. The van der Waals surface area contributed by atoms with Crippen molar-refractivity contribution in [3.63, 3.8) is 0 Å². The molecule has 1 aromatic heterocycles. The highest BCUT2D eigenvalue weighted by Crippen LogP contribution is 2.15. The summed E-state index contributed by atoms with van der Waals surface area (Å²) in [6, 6.07) is 2.28. The molecule has 0 fully saturated rings. The van der Waals surface area contributed by atoms with Gasteiger partial charge in [-0.25, -0.2) is 0 Å². The molecule has 1 heterocycles. The topological polar surface area (TPSA) is 40.2 Å². The molecule has 3 heteroatoms. The molecule has 94 valence electrons. The predicted molar refractivity (Wildman–Crippen MR) is 74.0 cm³/mol. The van der Waals surface area contributed by atoms with Crippen molar-refractivity contribution in [2.75, 3.05) is 7.11 Å². The van der Waals surface area contributed by atoms with Crippen LogP contribution in [0.5, 0.6) is 0 Å². The molecule has 0 radical (unpaired) electrons. The monoisotopic (exact) mass is 242 g/mol. The molecule has 18 heavy (non-hydrogen) atoms. The Bertz CT molecular complexity index is 621. The smallest absolute Gasteiger partial charge is 0.0791 e. The lowest BCUT2D eigenvalue weighted by molar-refractivity contribution is 0.143. The fraction of sp³-hybridized carbons (Fsp3) is 0.333. The average Bonchev–Trinajstić information content (AvgIpc) is 2.81. The van der Waals surface area contributed by atoms with Crippen molar-refractivity contribution < 1.29 is 4.74 Å². The summed E-state index contributed by atoms with van der Waals surface area (Å²) >= 11 is 0. The maximum atomic E-state index is 5.93. The summed E-state index contributed by atoms with van der Waals surface area (Å²) in [7, 11) is 1.75. The Balaban J connectivity index is 1.99. The van der Waals surface area contributed by atoms with Crippen LogP contribution < -0.4 is 16.3 Å². The van der Waals surface area contributed by atoms with Gasteiger partial charge in [0.15, 0.2) is 0 Å². The molecule has 0 saturated carbocycles. The first-order chi connectivity index (χ1) is 8.78. The molecule has 0 spiro atoms. The van der Waals surface area contributed by atoms with Gasteiger partial charge in [-0.15, -0.1) is 0 Å². The zero-order valence-electron chi connectivity index (χ0n) is 10.5. The van der Waals surface area contributed by atoms with Crippen molar-refractivity contribution in [3.8, 4) is 0 Å². The van der Waals surface area contributed by atoms with Crippen molar-refractivity contribution in [1.29, 1.82) is 0 Å². The molecular weight excluding hydrogens is 224 g/mol. The van der Waals surface area contributed by atoms with Crippen LogP contribution in [0.4, 0.5) is 0 Å². The number of fused-ring (bicyclic) bond motifs is 1. The minimum absolute atomic E-state index is 0.155. The fourth-order valence-corrected chi connectivity index (χ4v) is 2.53. The molecule has 0 amide bonds. The SMILES string of the molecule is COC1C=CC(n2ccc3c2=CCC(N)C=3)=CC1. The van der Waals surface area contributed by atoms with Crippen LogP contribution in [0.3, 0.4) is 0 Å². The molecule has 1 aromatic rings. The van der Waals surface area contributed by atoms with Crippen molar-refractivity contribution in [2.24, 2.45) is 5.73 Å². The molecule has 2 atom stereocenters. The summed E-state index contributed by atoms with van der Waals surface area (Å²) in [6.07, 6.45) is 15.0. The van der Waals surface area contributed by atoms with Crippen LogP contribution in [-0.2, 0) is 4.74 Å². The van der Waals surface area contributed by atoms with E-state index in [1.807, 2.05) is 0 Å². The third kappa shape index (κ3) is 1.96. The zero-order chi connectivity index (χ0) is 12.5. The molecule has 3 nitrogen and oxygen atoms in total. The van der Waals surface area contributed by atoms with E-state index in [0.717, 1.165) is 12.8 Å². The number of aromatic nitrogens is 1. The Hall–Kier alpha value is -1.58. The summed E-state index contributed by atoms with van der Waals surface area (Å²) in [5.74, 6) is 0. The minimum atomic E-state index is 0.155. The molecule has 3 rings (SSSR count). The third-order valence-electron chi connectivity index (χ3n) is 3.56. The number of allylic oxidation sites excluding steroid dienone is 2. The second kappa shape index (κ2) is 4.59. The Morgan fingerprint density at radius 1 is 1.33 bits per heavy atom. The van der Waals surface area contributed by atoms with Crippen LogP contribution in [-0.4, -0.2) is 23.8 Å². The summed E-state index contributed by atoms with van der Waals surface area (Å²) in [5, 5.41) is 2.49. The van der Waals surface area contributed by atoms with E-state index in [4.69, 9.17) is 10.5 Å². The standard InChI is InChI=1S/C15H18N2O/c1-18-14-5-3-13(4-6-14)17-9-8-11-10-12(16)2-7-15(11)17/h3-5,7-10,12,14H,2,6,16H2,1H3. The van der Waals surface area contributed by atoms with Gasteiger partial charge in [-0.2, -0.15) is 0 Å². The Morgan fingerprint density at radius 2 is 2.22 bits per heavy atom. The van der Waals surface area contributed by atoms with Gasteiger partial charge in [0.25, 0.3) is 0 Å². The minimum Gasteiger partial charge on any atom is -0.377 e. The second-order valence-corrected chi connectivity index (χ2v) is 4.79. The number of methoxy groups -OCH3 is 1. The van der Waals surface area contributed by atoms with Crippen LogP contribution in [0, 0.1) is 0 Å². The number of hydrogen-bond acceptors (Lipinski definition) is 2. The molecule has 2 aliphatic carbocycles. The van der Waals surface area contributed by atoms with E-state index in [-0.39, 0.29) is 12.1 Å². The maximum absolute atomic E-state index is 5.93. The average molecular weight is 242 g/mol. The molecule has 0 aliphatic heterocycles. The van der Waals surface area contributed by atoms with Crippen molar-refractivity contribution in [2.45, 2.75) is 25.0 Å². The highest BCUT2D eigenvalue weighted by Gasteiger charge is 2.11. The summed E-state index contributed by atoms with van der Waals surface area (Å²) in [4.78, 5) is 0. The van der Waals surface area contributed by atoms with E-state index in [1.54, 1.807) is 7.11 Å². The Kier molecular flexibility index (Phi) is 2.94. The van der Waals surface area contributed by atoms with E-state index < -0.39 is 0 Å². The van der Waals surface area contributed by atoms with E-state index in [9.17, 15) is 0 Å². The van der Waals surface area contributed by atoms with Crippen molar-refractivity contribution >= 4 is 17.8 Å². The van der Waals surface area contributed by atoms with Gasteiger partial charge in [0.1, 0.15) is 0 Å². The molecule has 0 aromatic carbocycles. The highest BCUT2D eigenvalue weighted by molar-refractivity contribution is 5.60. The first-order valence-electron chi connectivity index (χ1n) is 6.34. The van der Waals surface area contributed by atoms with E-state index in [0.29, 0.717) is 0 Å². The molecule has 0 bridgehead atoms. The van der Waals surface area contributed by atoms with E-state index in [2.05, 4.69) is 47.2 Å². The fourth-order valence-electron chi connectivity index (χ4n) is 2.53. The van der Waals surface area contributed by atoms with Gasteiger partial charge in [0.05, 0.1) is 6.10 Å². The Morgan fingerprint density at radius 3 is 2.94 bits per heavy atom. The van der Waals surface area contributed by atoms with Crippen LogP contribution in [0.25, 0.3) is 17.8 Å². The van der Waals surface area contributed by atoms with Crippen molar-refractivity contribution in [3.05, 3.63) is 41.1 Å². The van der Waals surface area contributed by atoms with Crippen molar-refractivity contribution in [1.82, 2.24) is 4.57 Å². The van der Waals surface area contributed by atoms with Crippen LogP contribution in [0.2, 0.25) is 0 Å². The van der Waals surface area contributed by atoms with Gasteiger partial charge in [-0.05, 0) is 30.2 Å². The predicted octanol–water partition coefficient (Wildman–Crippen LogP) is 0.596. The second-order valence-electron chi connectivity index (χ2n) is 4.79. The van der Waals surface area contributed by atoms with Crippen LogP contribution >= 0.6 is 0 Å². The van der Waals surface area contributed by atoms with Crippen LogP contribution in [0.1, 0.15) is 12.8 Å². The normalized spacial score (nSPS) is 26.0.